The molecule has 0 aromatic heterocycles. The Balaban J connectivity index is 1.95. The molecule has 0 saturated carbocycles. The van der Waals surface area contributed by atoms with Crippen molar-refractivity contribution in [1.29, 1.82) is 0 Å². The zero-order chi connectivity index (χ0) is 19.6. The van der Waals surface area contributed by atoms with Gasteiger partial charge in [-0.05, 0) is 38.1 Å². The molecular weight excluding hydrogens is 348 g/mol. The zero-order valence-corrected chi connectivity index (χ0v) is 15.7. The molecule has 2 aromatic carbocycles. The van der Waals surface area contributed by atoms with E-state index in [1.807, 2.05) is 13.8 Å². The molecule has 2 amide bonds. The molecule has 0 spiro atoms. The molecule has 0 bridgehead atoms. The minimum absolute atomic E-state index is 0.166. The summed E-state index contributed by atoms with van der Waals surface area (Å²) in [6.07, 6.45) is 0. The van der Waals surface area contributed by atoms with Crippen LogP contribution in [0.15, 0.2) is 42.5 Å². The summed E-state index contributed by atoms with van der Waals surface area (Å²) in [6, 6.07) is 12.0. The normalized spacial score (nSPS) is 10.0. The molecule has 144 valence electrons. The molecule has 0 radical (unpaired) electrons. The number of rotatable bonds is 9. The van der Waals surface area contributed by atoms with Crippen LogP contribution >= 0.6 is 0 Å². The van der Waals surface area contributed by atoms with Gasteiger partial charge >= 0.3 is 0 Å². The van der Waals surface area contributed by atoms with Gasteiger partial charge in [-0.3, -0.25) is 9.59 Å². The largest absolute Gasteiger partial charge is 0.490 e. The molecule has 7 heteroatoms. The van der Waals surface area contributed by atoms with E-state index in [9.17, 15) is 9.59 Å². The molecule has 0 atom stereocenters. The van der Waals surface area contributed by atoms with E-state index in [-0.39, 0.29) is 18.4 Å². The highest BCUT2D eigenvalue weighted by molar-refractivity contribution is 5.92. The summed E-state index contributed by atoms with van der Waals surface area (Å²) in [4.78, 5) is 23.2. The van der Waals surface area contributed by atoms with Crippen LogP contribution in [-0.2, 0) is 9.59 Å². The number of carbonyl (C=O) groups is 2. The number of nitrogens with one attached hydrogen (secondary N) is 2. The molecule has 2 aromatic rings. The lowest BCUT2D eigenvalue weighted by Crippen LogP contribution is -2.20. The highest BCUT2D eigenvalue weighted by atomic mass is 16.5. The SMILES string of the molecule is CCOc1ccc(NC(=O)COc2cccc(NC(C)=O)c2)cc1OCC. The topological polar surface area (TPSA) is 85.9 Å². The molecule has 2 rings (SSSR count). The summed E-state index contributed by atoms with van der Waals surface area (Å²) in [5, 5.41) is 5.42. The maximum Gasteiger partial charge on any atom is 0.262 e. The maximum atomic E-state index is 12.2. The molecule has 7 nitrogen and oxygen atoms in total. The molecule has 27 heavy (non-hydrogen) atoms. The fourth-order valence-corrected chi connectivity index (χ4v) is 2.34. The Morgan fingerprint density at radius 1 is 0.852 bits per heavy atom. The van der Waals surface area contributed by atoms with Crippen molar-refractivity contribution in [3.05, 3.63) is 42.5 Å². The summed E-state index contributed by atoms with van der Waals surface area (Å²) in [5.41, 5.74) is 1.19. The first kappa shape index (κ1) is 20.1. The lowest BCUT2D eigenvalue weighted by molar-refractivity contribution is -0.118. The van der Waals surface area contributed by atoms with Gasteiger partial charge in [0.1, 0.15) is 5.75 Å². The number of hydrogen-bond donors (Lipinski definition) is 2. The van der Waals surface area contributed by atoms with Gasteiger partial charge in [0, 0.05) is 30.4 Å². The third-order valence-electron chi connectivity index (χ3n) is 3.35. The molecule has 0 aliphatic carbocycles. The average molecular weight is 372 g/mol. The van der Waals surface area contributed by atoms with Crippen molar-refractivity contribution < 1.29 is 23.8 Å². The summed E-state index contributed by atoms with van der Waals surface area (Å²) in [7, 11) is 0. The van der Waals surface area contributed by atoms with E-state index < -0.39 is 0 Å². The summed E-state index contributed by atoms with van der Waals surface area (Å²) < 4.78 is 16.5. The van der Waals surface area contributed by atoms with Crippen molar-refractivity contribution in [3.8, 4) is 17.2 Å². The second-order valence-corrected chi connectivity index (χ2v) is 5.57. The average Bonchev–Trinajstić information content (AvgIpc) is 2.62. The Hall–Kier alpha value is -3.22. The molecule has 2 N–H and O–H groups in total. The fourth-order valence-electron chi connectivity index (χ4n) is 2.34. The fraction of sp³-hybridized carbons (Fsp3) is 0.300. The summed E-state index contributed by atoms with van der Waals surface area (Å²) in [5.74, 6) is 1.19. The van der Waals surface area contributed by atoms with E-state index in [1.54, 1.807) is 42.5 Å². The molecule has 0 unspecified atom stereocenters. The van der Waals surface area contributed by atoms with Gasteiger partial charge in [0.25, 0.3) is 5.91 Å². The predicted molar refractivity (Wildman–Crippen MR) is 104 cm³/mol. The monoisotopic (exact) mass is 372 g/mol. The Kier molecular flexibility index (Phi) is 7.49. The van der Waals surface area contributed by atoms with E-state index in [0.29, 0.717) is 41.8 Å². The van der Waals surface area contributed by atoms with E-state index in [0.717, 1.165) is 0 Å². The first-order chi connectivity index (χ1) is 13.0. The number of amides is 2. The maximum absolute atomic E-state index is 12.2. The van der Waals surface area contributed by atoms with Crippen molar-refractivity contribution in [2.45, 2.75) is 20.8 Å². The van der Waals surface area contributed by atoms with Crippen molar-refractivity contribution in [2.24, 2.45) is 0 Å². The highest BCUT2D eigenvalue weighted by Gasteiger charge is 2.09. The number of anilines is 2. The minimum atomic E-state index is -0.313. The Bertz CT molecular complexity index is 792. The molecule has 0 saturated heterocycles. The lowest BCUT2D eigenvalue weighted by Gasteiger charge is -2.13. The predicted octanol–water partition coefficient (Wildman–Crippen LogP) is 3.46. The van der Waals surface area contributed by atoms with Crippen LogP contribution in [0, 0.1) is 0 Å². The van der Waals surface area contributed by atoms with Gasteiger partial charge in [0.15, 0.2) is 18.1 Å². The van der Waals surface area contributed by atoms with Crippen LogP contribution in [0.2, 0.25) is 0 Å². The van der Waals surface area contributed by atoms with Gasteiger partial charge in [0.2, 0.25) is 5.91 Å². The van der Waals surface area contributed by atoms with Gasteiger partial charge in [-0.25, -0.2) is 0 Å². The second-order valence-electron chi connectivity index (χ2n) is 5.57. The van der Waals surface area contributed by atoms with Crippen molar-refractivity contribution >= 4 is 23.2 Å². The summed E-state index contributed by atoms with van der Waals surface area (Å²) >= 11 is 0. The first-order valence-electron chi connectivity index (χ1n) is 8.71. The molecule has 0 heterocycles. The smallest absolute Gasteiger partial charge is 0.262 e. The van der Waals surface area contributed by atoms with E-state index in [4.69, 9.17) is 14.2 Å². The van der Waals surface area contributed by atoms with E-state index in [2.05, 4.69) is 10.6 Å². The van der Waals surface area contributed by atoms with Gasteiger partial charge < -0.3 is 24.8 Å². The standard InChI is InChI=1S/C20H24N2O5/c1-4-25-18-10-9-16(12-19(18)26-5-2)22-20(24)13-27-17-8-6-7-15(11-17)21-14(3)23/h6-12H,4-5,13H2,1-3H3,(H,21,23)(H,22,24). The van der Waals surface area contributed by atoms with Crippen LogP contribution in [0.3, 0.4) is 0 Å². The lowest BCUT2D eigenvalue weighted by atomic mass is 10.2. The second kappa shape index (κ2) is 10.1. The van der Waals surface area contributed by atoms with Crippen LogP contribution in [0.1, 0.15) is 20.8 Å². The van der Waals surface area contributed by atoms with Crippen molar-refractivity contribution in [1.82, 2.24) is 0 Å². The van der Waals surface area contributed by atoms with Gasteiger partial charge in [-0.15, -0.1) is 0 Å². The van der Waals surface area contributed by atoms with Crippen LogP contribution < -0.4 is 24.8 Å². The Morgan fingerprint density at radius 2 is 1.56 bits per heavy atom. The highest BCUT2D eigenvalue weighted by Crippen LogP contribution is 2.30. The number of hydrogen-bond acceptors (Lipinski definition) is 5. The van der Waals surface area contributed by atoms with Gasteiger partial charge in [-0.2, -0.15) is 0 Å². The number of carbonyl (C=O) groups excluding carboxylic acids is 2. The van der Waals surface area contributed by atoms with Crippen LogP contribution in [0.4, 0.5) is 11.4 Å². The van der Waals surface area contributed by atoms with Gasteiger partial charge in [0.05, 0.1) is 13.2 Å². The van der Waals surface area contributed by atoms with Crippen LogP contribution in [-0.4, -0.2) is 31.6 Å². The third kappa shape index (κ3) is 6.54. The minimum Gasteiger partial charge on any atom is -0.490 e. The summed E-state index contributed by atoms with van der Waals surface area (Å²) in [6.45, 7) is 6.05. The number of benzene rings is 2. The quantitative estimate of drug-likeness (QED) is 0.704. The first-order valence-corrected chi connectivity index (χ1v) is 8.71. The molecule has 0 aliphatic heterocycles. The van der Waals surface area contributed by atoms with E-state index in [1.165, 1.54) is 6.92 Å². The third-order valence-corrected chi connectivity index (χ3v) is 3.35. The molecular formula is C20H24N2O5. The van der Waals surface area contributed by atoms with Crippen LogP contribution in [0.25, 0.3) is 0 Å². The zero-order valence-electron chi connectivity index (χ0n) is 15.7. The molecule has 0 fully saturated rings. The van der Waals surface area contributed by atoms with Crippen LogP contribution in [0.5, 0.6) is 17.2 Å². The number of ether oxygens (including phenoxy) is 3. The Morgan fingerprint density at radius 3 is 2.26 bits per heavy atom. The van der Waals surface area contributed by atoms with Gasteiger partial charge in [-0.1, -0.05) is 6.07 Å². The van der Waals surface area contributed by atoms with Crippen molar-refractivity contribution in [3.63, 3.8) is 0 Å². The molecule has 0 aliphatic rings. The van der Waals surface area contributed by atoms with E-state index >= 15 is 0 Å². The Labute approximate surface area is 158 Å². The van der Waals surface area contributed by atoms with Crippen molar-refractivity contribution in [2.75, 3.05) is 30.5 Å².